The highest BCUT2D eigenvalue weighted by Gasteiger charge is 2.20. The maximum absolute atomic E-state index is 6.12. The molecule has 0 aliphatic heterocycles. The van der Waals surface area contributed by atoms with Crippen LogP contribution in [0.5, 0.6) is 0 Å². The summed E-state index contributed by atoms with van der Waals surface area (Å²) in [5.74, 6) is 0. The first-order valence-corrected chi connectivity index (χ1v) is 7.97. The number of nitrogens with two attached hydrogens (primary N) is 1. The molecular formula is C15H27NOS. The Labute approximate surface area is 116 Å². The summed E-state index contributed by atoms with van der Waals surface area (Å²) in [7, 11) is 0. The van der Waals surface area contributed by atoms with E-state index in [-0.39, 0.29) is 12.1 Å². The molecule has 104 valence electrons. The molecule has 3 unspecified atom stereocenters. The number of rotatable bonds is 9. The molecule has 0 aliphatic carbocycles. The summed E-state index contributed by atoms with van der Waals surface area (Å²) >= 11 is 1.73. The van der Waals surface area contributed by atoms with Gasteiger partial charge in [0.25, 0.3) is 0 Å². The van der Waals surface area contributed by atoms with Crippen LogP contribution >= 0.6 is 11.3 Å². The molecule has 0 aliphatic rings. The molecule has 2 nitrogen and oxygen atoms in total. The molecule has 0 amide bonds. The first kappa shape index (κ1) is 15.7. The molecule has 0 saturated heterocycles. The molecule has 0 bridgehead atoms. The summed E-state index contributed by atoms with van der Waals surface area (Å²) in [6.45, 7) is 6.42. The number of ether oxygens (including phenoxy) is 1. The van der Waals surface area contributed by atoms with E-state index in [4.69, 9.17) is 10.5 Å². The van der Waals surface area contributed by atoms with Crippen LogP contribution in [0.15, 0.2) is 17.5 Å². The zero-order chi connectivity index (χ0) is 13.4. The van der Waals surface area contributed by atoms with Crippen molar-refractivity contribution in [3.05, 3.63) is 22.4 Å². The van der Waals surface area contributed by atoms with Crippen LogP contribution in [0, 0.1) is 0 Å². The van der Waals surface area contributed by atoms with E-state index >= 15 is 0 Å². The predicted octanol–water partition coefficient (Wildman–Crippen LogP) is 4.51. The molecule has 0 fully saturated rings. The Hall–Kier alpha value is -0.380. The Morgan fingerprint density at radius 2 is 2.06 bits per heavy atom. The third-order valence-corrected chi connectivity index (χ3v) is 4.08. The van der Waals surface area contributed by atoms with Crippen LogP contribution in [0.1, 0.15) is 63.9 Å². The average molecular weight is 269 g/mol. The number of hydrogen-bond donors (Lipinski definition) is 1. The van der Waals surface area contributed by atoms with E-state index in [1.54, 1.807) is 11.3 Å². The molecule has 1 rings (SSSR count). The van der Waals surface area contributed by atoms with E-state index in [1.807, 2.05) is 6.92 Å². The molecular weight excluding hydrogens is 242 g/mol. The lowest BCUT2D eigenvalue weighted by atomic mass is 10.1. The summed E-state index contributed by atoms with van der Waals surface area (Å²) in [4.78, 5) is 1.24. The van der Waals surface area contributed by atoms with Crippen molar-refractivity contribution in [2.24, 2.45) is 5.73 Å². The van der Waals surface area contributed by atoms with Crippen LogP contribution in [0.25, 0.3) is 0 Å². The molecule has 1 heterocycles. The Morgan fingerprint density at radius 1 is 1.28 bits per heavy atom. The smallest absolute Gasteiger partial charge is 0.107 e. The molecule has 18 heavy (non-hydrogen) atoms. The Bertz CT molecular complexity index is 297. The quantitative estimate of drug-likeness (QED) is 0.669. The number of hydrogen-bond acceptors (Lipinski definition) is 3. The van der Waals surface area contributed by atoms with Crippen LogP contribution < -0.4 is 5.73 Å². The Kier molecular flexibility index (Phi) is 7.56. The van der Waals surface area contributed by atoms with E-state index in [1.165, 1.54) is 30.6 Å². The van der Waals surface area contributed by atoms with E-state index in [0.717, 1.165) is 6.42 Å². The summed E-state index contributed by atoms with van der Waals surface area (Å²) < 4.78 is 6.12. The highest BCUT2D eigenvalue weighted by Crippen LogP contribution is 2.27. The maximum atomic E-state index is 6.12. The van der Waals surface area contributed by atoms with Gasteiger partial charge in [0.05, 0.1) is 6.10 Å². The lowest BCUT2D eigenvalue weighted by molar-refractivity contribution is -0.0175. The molecule has 3 atom stereocenters. The van der Waals surface area contributed by atoms with Crippen LogP contribution in [0.3, 0.4) is 0 Å². The van der Waals surface area contributed by atoms with Gasteiger partial charge in [-0.3, -0.25) is 0 Å². The second-order valence-electron chi connectivity index (χ2n) is 5.09. The van der Waals surface area contributed by atoms with Gasteiger partial charge in [-0.1, -0.05) is 38.7 Å². The fraction of sp³-hybridized carbons (Fsp3) is 0.733. The minimum atomic E-state index is 0.0433. The highest BCUT2D eigenvalue weighted by molar-refractivity contribution is 7.10. The van der Waals surface area contributed by atoms with E-state index in [0.29, 0.717) is 6.10 Å². The molecule has 1 aromatic rings. The van der Waals surface area contributed by atoms with Crippen LogP contribution in [-0.2, 0) is 4.74 Å². The summed E-state index contributed by atoms with van der Waals surface area (Å²) in [5.41, 5.74) is 6.03. The van der Waals surface area contributed by atoms with Crippen molar-refractivity contribution in [3.63, 3.8) is 0 Å². The first-order chi connectivity index (χ1) is 8.65. The summed E-state index contributed by atoms with van der Waals surface area (Å²) in [6, 6.07) is 4.22. The summed E-state index contributed by atoms with van der Waals surface area (Å²) in [6.07, 6.45) is 6.65. The minimum absolute atomic E-state index is 0.0433. The van der Waals surface area contributed by atoms with Gasteiger partial charge in [0.15, 0.2) is 0 Å². The van der Waals surface area contributed by atoms with Crippen molar-refractivity contribution in [2.75, 3.05) is 0 Å². The summed E-state index contributed by atoms with van der Waals surface area (Å²) in [5, 5.41) is 2.08. The highest BCUT2D eigenvalue weighted by atomic mass is 32.1. The molecule has 3 heteroatoms. The second kappa shape index (κ2) is 8.68. The zero-order valence-electron chi connectivity index (χ0n) is 11.9. The standard InChI is InChI=1S/C15H27NOS/c1-4-5-6-7-9-12(2)17-15(13(3)16)14-10-8-11-18-14/h8,10-13,15H,4-7,9,16H2,1-3H3. The fourth-order valence-electron chi connectivity index (χ4n) is 2.08. The van der Waals surface area contributed by atoms with Gasteiger partial charge in [-0.25, -0.2) is 0 Å². The van der Waals surface area contributed by atoms with E-state index < -0.39 is 0 Å². The van der Waals surface area contributed by atoms with Crippen molar-refractivity contribution < 1.29 is 4.74 Å². The number of unbranched alkanes of at least 4 members (excludes halogenated alkanes) is 3. The Morgan fingerprint density at radius 3 is 2.61 bits per heavy atom. The largest absolute Gasteiger partial charge is 0.368 e. The lowest BCUT2D eigenvalue weighted by Gasteiger charge is -2.24. The van der Waals surface area contributed by atoms with Crippen LogP contribution in [-0.4, -0.2) is 12.1 Å². The Balaban J connectivity index is 2.37. The molecule has 0 saturated carbocycles. The van der Waals surface area contributed by atoms with Crippen LogP contribution in [0.2, 0.25) is 0 Å². The molecule has 2 N–H and O–H groups in total. The third kappa shape index (κ3) is 5.51. The van der Waals surface area contributed by atoms with Gasteiger partial charge in [0.1, 0.15) is 6.10 Å². The number of thiophene rings is 1. The normalized spacial score (nSPS) is 16.4. The van der Waals surface area contributed by atoms with E-state index in [9.17, 15) is 0 Å². The second-order valence-corrected chi connectivity index (χ2v) is 6.07. The van der Waals surface area contributed by atoms with Crippen molar-refractivity contribution >= 4 is 11.3 Å². The van der Waals surface area contributed by atoms with Crippen LogP contribution in [0.4, 0.5) is 0 Å². The lowest BCUT2D eigenvalue weighted by Crippen LogP contribution is -2.29. The predicted molar refractivity (Wildman–Crippen MR) is 80.0 cm³/mol. The van der Waals surface area contributed by atoms with Gasteiger partial charge in [0.2, 0.25) is 0 Å². The topological polar surface area (TPSA) is 35.2 Å². The first-order valence-electron chi connectivity index (χ1n) is 7.09. The van der Waals surface area contributed by atoms with Gasteiger partial charge >= 0.3 is 0 Å². The minimum Gasteiger partial charge on any atom is -0.368 e. The zero-order valence-corrected chi connectivity index (χ0v) is 12.7. The fourth-order valence-corrected chi connectivity index (χ4v) is 2.96. The SMILES string of the molecule is CCCCCCC(C)OC(c1cccs1)C(C)N. The van der Waals surface area contributed by atoms with Crippen molar-refractivity contribution in [3.8, 4) is 0 Å². The van der Waals surface area contributed by atoms with Crippen molar-refractivity contribution in [2.45, 2.75) is 71.1 Å². The molecule has 0 radical (unpaired) electrons. The maximum Gasteiger partial charge on any atom is 0.107 e. The molecule has 0 spiro atoms. The molecule has 0 aromatic carbocycles. The van der Waals surface area contributed by atoms with Crippen molar-refractivity contribution in [1.82, 2.24) is 0 Å². The van der Waals surface area contributed by atoms with Gasteiger partial charge in [-0.05, 0) is 31.7 Å². The average Bonchev–Trinajstić information content (AvgIpc) is 2.85. The monoisotopic (exact) mass is 269 g/mol. The van der Waals surface area contributed by atoms with Gasteiger partial charge < -0.3 is 10.5 Å². The van der Waals surface area contributed by atoms with Gasteiger partial charge in [0, 0.05) is 10.9 Å². The molecule has 1 aromatic heterocycles. The van der Waals surface area contributed by atoms with Gasteiger partial charge in [-0.15, -0.1) is 11.3 Å². The van der Waals surface area contributed by atoms with E-state index in [2.05, 4.69) is 31.4 Å². The van der Waals surface area contributed by atoms with Gasteiger partial charge in [-0.2, -0.15) is 0 Å². The van der Waals surface area contributed by atoms with Crippen molar-refractivity contribution in [1.29, 1.82) is 0 Å². The third-order valence-electron chi connectivity index (χ3n) is 3.14.